The van der Waals surface area contributed by atoms with Gasteiger partial charge in [-0.3, -0.25) is 10.2 Å². The number of carbonyl (C=O) groups excluding carboxylic acids is 1. The van der Waals surface area contributed by atoms with E-state index < -0.39 is 17.8 Å². The Morgan fingerprint density at radius 2 is 1.83 bits per heavy atom. The van der Waals surface area contributed by atoms with Crippen molar-refractivity contribution in [3.05, 3.63) is 71.9 Å². The fourth-order valence-corrected chi connectivity index (χ4v) is 3.35. The number of aromatic nitrogens is 2. The number of aryl methyl sites for hydroxylation is 1. The molecule has 0 saturated carbocycles. The van der Waals surface area contributed by atoms with Crippen LogP contribution in [-0.4, -0.2) is 22.5 Å². The second-order valence-electron chi connectivity index (χ2n) is 6.62. The molecular formula is C21H17F3N4O. The molecular weight excluding hydrogens is 381 g/mol. The number of nitrogens with zero attached hydrogens (tertiary/aromatic N) is 3. The van der Waals surface area contributed by atoms with Crippen LogP contribution in [0.1, 0.15) is 17.5 Å². The largest absolute Gasteiger partial charge is 0.417 e. The fourth-order valence-electron chi connectivity index (χ4n) is 3.35. The maximum absolute atomic E-state index is 13.4. The minimum atomic E-state index is -4.50. The van der Waals surface area contributed by atoms with Crippen molar-refractivity contribution in [3.8, 4) is 11.3 Å². The zero-order valence-corrected chi connectivity index (χ0v) is 15.3. The molecule has 8 heteroatoms. The Bertz CT molecular complexity index is 1040. The topological polar surface area (TPSA) is 58.1 Å². The van der Waals surface area contributed by atoms with Gasteiger partial charge in [0.05, 0.1) is 11.3 Å². The summed E-state index contributed by atoms with van der Waals surface area (Å²) in [5.41, 5.74) is 0.223. The van der Waals surface area contributed by atoms with Crippen LogP contribution in [0.3, 0.4) is 0 Å². The van der Waals surface area contributed by atoms with E-state index in [9.17, 15) is 18.0 Å². The smallest absolute Gasteiger partial charge is 0.292 e. The van der Waals surface area contributed by atoms with Crippen molar-refractivity contribution >= 4 is 17.7 Å². The van der Waals surface area contributed by atoms with E-state index >= 15 is 0 Å². The first-order valence-corrected chi connectivity index (χ1v) is 9.09. The predicted octanol–water partition coefficient (Wildman–Crippen LogP) is 5.15. The number of anilines is 2. The summed E-state index contributed by atoms with van der Waals surface area (Å²) in [6.45, 7) is 0.420. The lowest BCUT2D eigenvalue weighted by molar-refractivity contribution is -0.137. The van der Waals surface area contributed by atoms with E-state index in [1.165, 1.54) is 23.1 Å². The van der Waals surface area contributed by atoms with E-state index in [0.717, 1.165) is 18.1 Å². The summed E-state index contributed by atoms with van der Waals surface area (Å²) in [5.74, 6) is 0.766. The van der Waals surface area contributed by atoms with Crippen LogP contribution in [0.4, 0.5) is 29.6 Å². The Labute approximate surface area is 165 Å². The van der Waals surface area contributed by atoms with Gasteiger partial charge in [-0.05, 0) is 42.7 Å². The van der Waals surface area contributed by atoms with Gasteiger partial charge in [0.2, 0.25) is 0 Å². The van der Waals surface area contributed by atoms with Crippen LogP contribution >= 0.6 is 0 Å². The van der Waals surface area contributed by atoms with E-state index in [4.69, 9.17) is 0 Å². The van der Waals surface area contributed by atoms with Gasteiger partial charge in [0.1, 0.15) is 11.6 Å². The molecule has 0 bridgehead atoms. The first-order chi connectivity index (χ1) is 13.9. The number of hydrogen-bond acceptors (Lipinski definition) is 3. The molecule has 0 atom stereocenters. The van der Waals surface area contributed by atoms with Gasteiger partial charge in [0.15, 0.2) is 0 Å². The molecule has 4 rings (SSSR count). The normalized spacial score (nSPS) is 13.7. The molecule has 29 heavy (non-hydrogen) atoms. The third-order valence-electron chi connectivity index (χ3n) is 4.69. The number of rotatable bonds is 2. The highest BCUT2D eigenvalue weighted by molar-refractivity contribution is 6.01. The summed E-state index contributed by atoms with van der Waals surface area (Å²) in [4.78, 5) is 22.7. The fraction of sp³-hybridized carbons (Fsp3) is 0.190. The Kier molecular flexibility index (Phi) is 4.92. The van der Waals surface area contributed by atoms with E-state index in [2.05, 4.69) is 15.3 Å². The van der Waals surface area contributed by atoms with Crippen LogP contribution in [0.25, 0.3) is 11.3 Å². The Morgan fingerprint density at radius 3 is 2.59 bits per heavy atom. The first-order valence-electron chi connectivity index (χ1n) is 9.09. The molecule has 2 amide bonds. The minimum Gasteiger partial charge on any atom is -0.292 e. The Morgan fingerprint density at radius 1 is 1.03 bits per heavy atom. The summed E-state index contributed by atoms with van der Waals surface area (Å²) < 4.78 is 40.2. The third kappa shape index (κ3) is 3.91. The number of benzene rings is 1. The van der Waals surface area contributed by atoms with Crippen LogP contribution in [0.15, 0.2) is 60.8 Å². The average molecular weight is 398 g/mol. The van der Waals surface area contributed by atoms with Gasteiger partial charge in [-0.15, -0.1) is 0 Å². The molecule has 1 aliphatic rings. The molecule has 0 unspecified atom stereocenters. The van der Waals surface area contributed by atoms with Gasteiger partial charge >= 0.3 is 12.2 Å². The summed E-state index contributed by atoms with van der Waals surface area (Å²) in [6, 6.07) is 13.3. The van der Waals surface area contributed by atoms with Crippen molar-refractivity contribution in [2.24, 2.45) is 0 Å². The van der Waals surface area contributed by atoms with Gasteiger partial charge in [-0.2, -0.15) is 13.2 Å². The molecule has 0 spiro atoms. The average Bonchev–Trinajstić information content (AvgIpc) is 2.73. The molecule has 5 nitrogen and oxygen atoms in total. The summed E-state index contributed by atoms with van der Waals surface area (Å²) in [7, 11) is 0. The van der Waals surface area contributed by atoms with E-state index in [1.807, 2.05) is 0 Å². The van der Waals surface area contributed by atoms with Crippen molar-refractivity contribution in [2.75, 3.05) is 16.8 Å². The summed E-state index contributed by atoms with van der Waals surface area (Å²) in [5, 5.41) is 2.70. The Balaban J connectivity index is 1.71. The highest BCUT2D eigenvalue weighted by Gasteiger charge is 2.34. The van der Waals surface area contributed by atoms with E-state index in [-0.39, 0.29) is 11.3 Å². The quantitative estimate of drug-likeness (QED) is 0.650. The zero-order valence-electron chi connectivity index (χ0n) is 15.3. The number of amides is 2. The number of alkyl halides is 3. The molecule has 0 aliphatic carbocycles. The molecule has 1 N–H and O–H groups in total. The third-order valence-corrected chi connectivity index (χ3v) is 4.69. The second kappa shape index (κ2) is 7.54. The second-order valence-corrected chi connectivity index (χ2v) is 6.62. The van der Waals surface area contributed by atoms with Crippen LogP contribution < -0.4 is 10.2 Å². The zero-order chi connectivity index (χ0) is 20.4. The monoisotopic (exact) mass is 398 g/mol. The number of halogens is 3. The lowest BCUT2D eigenvalue weighted by Crippen LogP contribution is -2.39. The molecule has 1 aromatic carbocycles. The molecule has 1 aliphatic heterocycles. The van der Waals surface area contributed by atoms with Crippen LogP contribution in [0.2, 0.25) is 0 Å². The van der Waals surface area contributed by atoms with Gasteiger partial charge < -0.3 is 0 Å². The number of carbonyl (C=O) groups is 1. The van der Waals surface area contributed by atoms with Crippen molar-refractivity contribution in [1.82, 2.24) is 9.97 Å². The van der Waals surface area contributed by atoms with Crippen molar-refractivity contribution in [3.63, 3.8) is 0 Å². The molecule has 0 fully saturated rings. The lowest BCUT2D eigenvalue weighted by atomic mass is 10.0. The standard InChI is InChI=1S/C21H17F3N4O/c22-21(23,24)16-8-2-1-7-15(16)17-11-10-14-6-5-13-28(19(14)26-17)20(29)27-18-9-3-4-12-25-18/h1-4,7-12H,5-6,13H2,(H,25,27,29). The maximum atomic E-state index is 13.4. The SMILES string of the molecule is O=C(Nc1ccccn1)N1CCCc2ccc(-c3ccccc3C(F)(F)F)nc21. The van der Waals surface area contributed by atoms with Crippen molar-refractivity contribution < 1.29 is 18.0 Å². The van der Waals surface area contributed by atoms with Gasteiger partial charge in [0, 0.05) is 18.3 Å². The molecule has 148 valence electrons. The summed E-state index contributed by atoms with van der Waals surface area (Å²) in [6.07, 6.45) is -1.49. The molecule has 3 aromatic rings. The number of hydrogen-bond donors (Lipinski definition) is 1. The highest BCUT2D eigenvalue weighted by atomic mass is 19.4. The lowest BCUT2D eigenvalue weighted by Gasteiger charge is -2.28. The van der Waals surface area contributed by atoms with Crippen LogP contribution in [0, 0.1) is 0 Å². The first kappa shape index (κ1) is 18.9. The molecule has 0 radical (unpaired) electrons. The van der Waals surface area contributed by atoms with E-state index in [0.29, 0.717) is 24.6 Å². The molecule has 2 aromatic heterocycles. The highest BCUT2D eigenvalue weighted by Crippen LogP contribution is 2.37. The van der Waals surface area contributed by atoms with Gasteiger partial charge in [0.25, 0.3) is 0 Å². The number of fused-ring (bicyclic) bond motifs is 1. The van der Waals surface area contributed by atoms with E-state index in [1.54, 1.807) is 36.5 Å². The van der Waals surface area contributed by atoms with Crippen LogP contribution in [-0.2, 0) is 12.6 Å². The van der Waals surface area contributed by atoms with Gasteiger partial charge in [-0.25, -0.2) is 14.8 Å². The molecule has 0 saturated heterocycles. The number of nitrogens with one attached hydrogen (secondary N) is 1. The van der Waals surface area contributed by atoms with Crippen molar-refractivity contribution in [1.29, 1.82) is 0 Å². The summed E-state index contributed by atoms with van der Waals surface area (Å²) >= 11 is 0. The van der Waals surface area contributed by atoms with Crippen molar-refractivity contribution in [2.45, 2.75) is 19.0 Å². The number of pyridine rings is 2. The predicted molar refractivity (Wildman–Crippen MR) is 104 cm³/mol. The molecule has 3 heterocycles. The maximum Gasteiger partial charge on any atom is 0.417 e. The minimum absolute atomic E-state index is 0.0153. The Hall–Kier alpha value is -3.42. The van der Waals surface area contributed by atoms with Gasteiger partial charge in [-0.1, -0.05) is 30.3 Å². The van der Waals surface area contributed by atoms with Crippen LogP contribution in [0.5, 0.6) is 0 Å². The number of urea groups is 1.